The van der Waals surface area contributed by atoms with E-state index < -0.39 is 18.1 Å². The molecule has 4 rings (SSSR count). The predicted molar refractivity (Wildman–Crippen MR) is 103 cm³/mol. The Labute approximate surface area is 163 Å². The number of alkyl carbamates (subject to hydrolysis) is 1. The molecule has 2 aromatic carbocycles. The third-order valence-corrected chi connectivity index (χ3v) is 5.14. The van der Waals surface area contributed by atoms with E-state index in [2.05, 4.69) is 29.6 Å². The Morgan fingerprint density at radius 3 is 2.21 bits per heavy atom. The van der Waals surface area contributed by atoms with Crippen molar-refractivity contribution in [2.24, 2.45) is 0 Å². The number of carbonyl (C=O) groups is 2. The molecule has 146 valence electrons. The molecule has 2 aliphatic carbocycles. The number of esters is 1. The molecule has 0 radical (unpaired) electrons. The van der Waals surface area contributed by atoms with E-state index in [4.69, 9.17) is 14.2 Å². The molecule has 0 bridgehead atoms. The zero-order valence-electron chi connectivity index (χ0n) is 15.7. The summed E-state index contributed by atoms with van der Waals surface area (Å²) in [7, 11) is 1.28. The van der Waals surface area contributed by atoms with Gasteiger partial charge in [-0.25, -0.2) is 9.59 Å². The minimum atomic E-state index is -0.874. The Morgan fingerprint density at radius 1 is 1.04 bits per heavy atom. The van der Waals surface area contributed by atoms with Crippen molar-refractivity contribution in [3.8, 4) is 11.1 Å². The average molecular weight is 381 g/mol. The van der Waals surface area contributed by atoms with Crippen molar-refractivity contribution in [1.29, 1.82) is 0 Å². The summed E-state index contributed by atoms with van der Waals surface area (Å²) in [5, 5.41) is 2.56. The van der Waals surface area contributed by atoms with Crippen LogP contribution in [0.5, 0.6) is 0 Å². The number of amides is 1. The summed E-state index contributed by atoms with van der Waals surface area (Å²) in [6.45, 7) is 0.277. The molecule has 1 N–H and O–H groups in total. The van der Waals surface area contributed by atoms with Gasteiger partial charge in [0, 0.05) is 5.92 Å². The molecule has 0 spiro atoms. The van der Waals surface area contributed by atoms with E-state index in [1.54, 1.807) is 0 Å². The van der Waals surface area contributed by atoms with Crippen LogP contribution in [0.3, 0.4) is 0 Å². The summed E-state index contributed by atoms with van der Waals surface area (Å²) < 4.78 is 15.8. The molecule has 0 saturated heterocycles. The van der Waals surface area contributed by atoms with Crippen molar-refractivity contribution in [3.05, 3.63) is 59.7 Å². The normalized spacial score (nSPS) is 16.0. The van der Waals surface area contributed by atoms with E-state index in [9.17, 15) is 9.59 Å². The molecule has 0 heterocycles. The lowest BCUT2D eigenvalue weighted by Crippen LogP contribution is -2.45. The minimum Gasteiger partial charge on any atom is -0.467 e. The maximum Gasteiger partial charge on any atom is 0.407 e. The van der Waals surface area contributed by atoms with Gasteiger partial charge in [0.2, 0.25) is 0 Å². The molecule has 1 saturated carbocycles. The first-order chi connectivity index (χ1) is 13.7. The Bertz CT molecular complexity index is 831. The second kappa shape index (κ2) is 8.02. The lowest BCUT2D eigenvalue weighted by molar-refractivity contribution is -0.144. The average Bonchev–Trinajstić information content (AvgIpc) is 3.50. The maximum absolute atomic E-state index is 12.3. The third kappa shape index (κ3) is 3.87. The first kappa shape index (κ1) is 18.5. The fourth-order valence-corrected chi connectivity index (χ4v) is 3.56. The molecule has 6 nitrogen and oxygen atoms in total. The Kier molecular flexibility index (Phi) is 5.30. The van der Waals surface area contributed by atoms with Crippen molar-refractivity contribution in [2.75, 3.05) is 20.3 Å². The Morgan fingerprint density at radius 2 is 1.64 bits per heavy atom. The largest absolute Gasteiger partial charge is 0.467 e. The first-order valence-corrected chi connectivity index (χ1v) is 9.48. The highest BCUT2D eigenvalue weighted by Crippen LogP contribution is 2.44. The lowest BCUT2D eigenvalue weighted by atomic mass is 9.98. The van der Waals surface area contributed by atoms with E-state index in [-0.39, 0.29) is 25.2 Å². The van der Waals surface area contributed by atoms with Gasteiger partial charge in [0.1, 0.15) is 6.61 Å². The minimum absolute atomic E-state index is 0.0301. The van der Waals surface area contributed by atoms with Crippen LogP contribution in [0.25, 0.3) is 11.1 Å². The summed E-state index contributed by atoms with van der Waals surface area (Å²) >= 11 is 0. The fourth-order valence-electron chi connectivity index (χ4n) is 3.56. The highest BCUT2D eigenvalue weighted by molar-refractivity contribution is 5.82. The van der Waals surface area contributed by atoms with Gasteiger partial charge in [0.15, 0.2) is 6.04 Å². The van der Waals surface area contributed by atoms with Gasteiger partial charge < -0.3 is 19.5 Å². The smallest absolute Gasteiger partial charge is 0.407 e. The number of benzene rings is 2. The molecular formula is C22H23NO5. The first-order valence-electron chi connectivity index (χ1n) is 9.48. The summed E-state index contributed by atoms with van der Waals surface area (Å²) in [4.78, 5) is 24.2. The number of hydrogen-bond donors (Lipinski definition) is 1. The van der Waals surface area contributed by atoms with Crippen LogP contribution in [0.1, 0.15) is 29.9 Å². The van der Waals surface area contributed by atoms with E-state index >= 15 is 0 Å². The number of carbonyl (C=O) groups excluding carboxylic acids is 2. The van der Waals surface area contributed by atoms with E-state index in [0.717, 1.165) is 35.1 Å². The maximum atomic E-state index is 12.3. The van der Waals surface area contributed by atoms with Crippen LogP contribution in [0, 0.1) is 0 Å². The zero-order valence-corrected chi connectivity index (χ0v) is 15.7. The lowest BCUT2D eigenvalue weighted by Gasteiger charge is -2.18. The zero-order chi connectivity index (χ0) is 19.5. The molecule has 0 aliphatic heterocycles. The number of ether oxygens (including phenoxy) is 3. The van der Waals surface area contributed by atoms with Gasteiger partial charge in [-0.05, 0) is 35.1 Å². The number of methoxy groups -OCH3 is 1. The summed E-state index contributed by atoms with van der Waals surface area (Å²) in [5.74, 6) is -0.577. The van der Waals surface area contributed by atoms with Crippen molar-refractivity contribution in [3.63, 3.8) is 0 Å². The van der Waals surface area contributed by atoms with Crippen molar-refractivity contribution in [1.82, 2.24) is 5.32 Å². The summed E-state index contributed by atoms with van der Waals surface area (Å²) in [6, 6.07) is 15.4. The summed E-state index contributed by atoms with van der Waals surface area (Å²) in [6.07, 6.45) is 1.49. The van der Waals surface area contributed by atoms with Gasteiger partial charge in [-0.3, -0.25) is 0 Å². The van der Waals surface area contributed by atoms with Gasteiger partial charge in [-0.15, -0.1) is 0 Å². The van der Waals surface area contributed by atoms with Crippen molar-refractivity contribution >= 4 is 12.1 Å². The Balaban J connectivity index is 1.40. The molecule has 1 amide bonds. The monoisotopic (exact) mass is 381 g/mol. The molecule has 0 aromatic heterocycles. The van der Waals surface area contributed by atoms with Gasteiger partial charge in [0.25, 0.3) is 0 Å². The van der Waals surface area contributed by atoms with Crippen LogP contribution in [0.4, 0.5) is 4.79 Å². The topological polar surface area (TPSA) is 73.9 Å². The predicted octanol–water partition coefficient (Wildman–Crippen LogP) is 3.25. The number of hydrogen-bond acceptors (Lipinski definition) is 5. The fraction of sp³-hybridized carbons (Fsp3) is 0.364. The molecule has 1 atom stereocenters. The van der Waals surface area contributed by atoms with Crippen LogP contribution in [0.2, 0.25) is 0 Å². The molecule has 6 heteroatoms. The quantitative estimate of drug-likeness (QED) is 0.746. The van der Waals surface area contributed by atoms with Gasteiger partial charge in [-0.2, -0.15) is 0 Å². The second-order valence-electron chi connectivity index (χ2n) is 7.08. The molecule has 1 fully saturated rings. The number of rotatable bonds is 7. The standard InChI is InChI=1S/C22H23NO5/c1-26-21(24)20(13-27-14-10-11-14)23-22(25)28-12-19-17-8-4-2-6-15(17)16-7-3-5-9-18(16)19/h2-9,14,19-20H,10-13H2,1H3,(H,23,25)/t20-/m0/s1. The van der Waals surface area contributed by atoms with E-state index in [1.165, 1.54) is 7.11 Å². The highest BCUT2D eigenvalue weighted by atomic mass is 16.6. The van der Waals surface area contributed by atoms with Crippen molar-refractivity contribution in [2.45, 2.75) is 30.9 Å². The number of fused-ring (bicyclic) bond motifs is 3. The van der Waals surface area contributed by atoms with Crippen LogP contribution < -0.4 is 5.32 Å². The summed E-state index contributed by atoms with van der Waals surface area (Å²) in [5.41, 5.74) is 4.60. The molecule has 2 aliphatic rings. The number of nitrogens with one attached hydrogen (secondary N) is 1. The molecule has 28 heavy (non-hydrogen) atoms. The highest BCUT2D eigenvalue weighted by Gasteiger charge is 2.31. The second-order valence-corrected chi connectivity index (χ2v) is 7.08. The van der Waals surface area contributed by atoms with Crippen LogP contribution in [-0.4, -0.2) is 44.5 Å². The van der Waals surface area contributed by atoms with E-state index in [1.807, 2.05) is 24.3 Å². The van der Waals surface area contributed by atoms with E-state index in [0.29, 0.717) is 0 Å². The van der Waals surface area contributed by atoms with Crippen LogP contribution >= 0.6 is 0 Å². The van der Waals surface area contributed by atoms with Crippen LogP contribution in [-0.2, 0) is 19.0 Å². The SMILES string of the molecule is COC(=O)[C@H](COC1CC1)NC(=O)OCC1c2ccccc2-c2ccccc21. The Hall–Kier alpha value is -2.86. The van der Waals surface area contributed by atoms with Crippen LogP contribution in [0.15, 0.2) is 48.5 Å². The molecule has 0 unspecified atom stereocenters. The molecular weight excluding hydrogens is 358 g/mol. The van der Waals surface area contributed by atoms with Gasteiger partial charge in [0.05, 0.1) is 19.8 Å². The van der Waals surface area contributed by atoms with Gasteiger partial charge >= 0.3 is 12.1 Å². The third-order valence-electron chi connectivity index (χ3n) is 5.14. The van der Waals surface area contributed by atoms with Crippen molar-refractivity contribution < 1.29 is 23.8 Å². The van der Waals surface area contributed by atoms with Gasteiger partial charge in [-0.1, -0.05) is 48.5 Å². The molecule has 2 aromatic rings.